The smallest absolute Gasteiger partial charge is 0.347 e. The van der Waals surface area contributed by atoms with E-state index < -0.39 is 5.97 Å². The SMILES string of the molecule is Cc1nc(CNC(=O)c2cccn2C(C)C)sc1C(=O)O. The molecule has 6 nitrogen and oxygen atoms in total. The van der Waals surface area contributed by atoms with Gasteiger partial charge in [0.15, 0.2) is 0 Å². The number of carbonyl (C=O) groups is 2. The molecule has 112 valence electrons. The maximum Gasteiger partial charge on any atom is 0.347 e. The Kier molecular flexibility index (Phi) is 4.42. The average Bonchev–Trinajstić information content (AvgIpc) is 3.02. The third-order valence-corrected chi connectivity index (χ3v) is 4.15. The normalized spacial score (nSPS) is 10.9. The molecule has 0 aliphatic carbocycles. The minimum Gasteiger partial charge on any atom is -0.477 e. The monoisotopic (exact) mass is 307 g/mol. The van der Waals surface area contributed by atoms with Gasteiger partial charge in [-0.3, -0.25) is 4.79 Å². The van der Waals surface area contributed by atoms with Crippen molar-refractivity contribution in [2.75, 3.05) is 0 Å². The maximum absolute atomic E-state index is 12.2. The van der Waals surface area contributed by atoms with Crippen molar-refractivity contribution in [3.63, 3.8) is 0 Å². The van der Waals surface area contributed by atoms with Crippen molar-refractivity contribution in [2.24, 2.45) is 0 Å². The molecule has 1 amide bonds. The minimum absolute atomic E-state index is 0.196. The second kappa shape index (κ2) is 6.09. The van der Waals surface area contributed by atoms with E-state index in [1.807, 2.05) is 30.7 Å². The summed E-state index contributed by atoms with van der Waals surface area (Å²) in [6, 6.07) is 3.78. The van der Waals surface area contributed by atoms with Gasteiger partial charge in [0.25, 0.3) is 5.91 Å². The molecule has 0 atom stereocenters. The number of thiazole rings is 1. The van der Waals surface area contributed by atoms with Crippen molar-refractivity contribution in [3.05, 3.63) is 39.6 Å². The molecule has 0 unspecified atom stereocenters. The Morgan fingerprint density at radius 3 is 2.76 bits per heavy atom. The molecule has 0 saturated heterocycles. The van der Waals surface area contributed by atoms with E-state index in [0.717, 1.165) is 11.3 Å². The van der Waals surface area contributed by atoms with Crippen LogP contribution >= 0.6 is 11.3 Å². The van der Waals surface area contributed by atoms with Gasteiger partial charge in [0.1, 0.15) is 15.6 Å². The van der Waals surface area contributed by atoms with Crippen molar-refractivity contribution >= 4 is 23.2 Å². The predicted octanol–water partition coefficient (Wildman–Crippen LogP) is 2.46. The Bertz CT molecular complexity index is 673. The third-order valence-electron chi connectivity index (χ3n) is 3.00. The van der Waals surface area contributed by atoms with Crippen LogP contribution in [-0.4, -0.2) is 26.5 Å². The lowest BCUT2D eigenvalue weighted by Crippen LogP contribution is -2.25. The van der Waals surface area contributed by atoms with Gasteiger partial charge in [0.05, 0.1) is 12.2 Å². The standard InChI is InChI=1S/C14H17N3O3S/c1-8(2)17-6-4-5-10(17)13(18)15-7-11-16-9(3)12(21-11)14(19)20/h4-6,8H,7H2,1-3H3,(H,15,18)(H,19,20). The summed E-state index contributed by atoms with van der Waals surface area (Å²) < 4.78 is 1.88. The van der Waals surface area contributed by atoms with Crippen LogP contribution in [0.25, 0.3) is 0 Å². The summed E-state index contributed by atoms with van der Waals surface area (Å²) in [7, 11) is 0. The van der Waals surface area contributed by atoms with Crippen LogP contribution in [0.15, 0.2) is 18.3 Å². The van der Waals surface area contributed by atoms with Gasteiger partial charge in [0.2, 0.25) is 0 Å². The van der Waals surface area contributed by atoms with Crippen LogP contribution in [-0.2, 0) is 6.54 Å². The Balaban J connectivity index is 2.06. The number of rotatable bonds is 5. The molecule has 21 heavy (non-hydrogen) atoms. The van der Waals surface area contributed by atoms with E-state index in [1.165, 1.54) is 0 Å². The molecular formula is C14H17N3O3S. The molecule has 0 aliphatic heterocycles. The second-order valence-electron chi connectivity index (χ2n) is 4.90. The van der Waals surface area contributed by atoms with E-state index in [-0.39, 0.29) is 23.4 Å². The minimum atomic E-state index is -0.990. The molecule has 0 spiro atoms. The van der Waals surface area contributed by atoms with Crippen molar-refractivity contribution in [1.82, 2.24) is 14.9 Å². The van der Waals surface area contributed by atoms with Gasteiger partial charge >= 0.3 is 5.97 Å². The summed E-state index contributed by atoms with van der Waals surface area (Å²) in [5, 5.41) is 12.3. The first-order chi connectivity index (χ1) is 9.90. The Hall–Kier alpha value is -2.15. The number of aromatic nitrogens is 2. The van der Waals surface area contributed by atoms with Crippen LogP contribution in [0.2, 0.25) is 0 Å². The zero-order chi connectivity index (χ0) is 15.6. The van der Waals surface area contributed by atoms with Gasteiger partial charge in [-0.05, 0) is 32.9 Å². The maximum atomic E-state index is 12.2. The molecule has 2 rings (SSSR count). The summed E-state index contributed by atoms with van der Waals surface area (Å²) in [4.78, 5) is 27.5. The van der Waals surface area contributed by atoms with Crippen molar-refractivity contribution in [1.29, 1.82) is 0 Å². The lowest BCUT2D eigenvalue weighted by Gasteiger charge is -2.12. The number of carbonyl (C=O) groups excluding carboxylic acids is 1. The number of carboxylic acid groups (broad SMARTS) is 1. The number of aromatic carboxylic acids is 1. The van der Waals surface area contributed by atoms with Crippen LogP contribution in [0.1, 0.15) is 50.8 Å². The number of amides is 1. The molecule has 0 aliphatic rings. The number of hydrogen-bond donors (Lipinski definition) is 2. The fourth-order valence-electron chi connectivity index (χ4n) is 2.01. The number of hydrogen-bond acceptors (Lipinski definition) is 4. The van der Waals surface area contributed by atoms with E-state index in [4.69, 9.17) is 5.11 Å². The molecule has 0 saturated carbocycles. The molecule has 0 radical (unpaired) electrons. The molecule has 0 aromatic carbocycles. The molecule has 2 aromatic rings. The van der Waals surface area contributed by atoms with E-state index in [1.54, 1.807) is 13.0 Å². The van der Waals surface area contributed by atoms with E-state index in [0.29, 0.717) is 16.4 Å². The van der Waals surface area contributed by atoms with Gasteiger partial charge in [-0.15, -0.1) is 11.3 Å². The van der Waals surface area contributed by atoms with Gasteiger partial charge in [-0.1, -0.05) is 0 Å². The molecular weight excluding hydrogens is 290 g/mol. The van der Waals surface area contributed by atoms with E-state index in [2.05, 4.69) is 10.3 Å². The highest BCUT2D eigenvalue weighted by atomic mass is 32.1. The van der Waals surface area contributed by atoms with Crippen LogP contribution in [0.5, 0.6) is 0 Å². The Morgan fingerprint density at radius 1 is 1.48 bits per heavy atom. The fourth-order valence-corrected chi connectivity index (χ4v) is 2.85. The fraction of sp³-hybridized carbons (Fsp3) is 0.357. The summed E-state index contributed by atoms with van der Waals surface area (Å²) in [6.07, 6.45) is 1.86. The van der Waals surface area contributed by atoms with Gasteiger partial charge in [0, 0.05) is 12.2 Å². The number of nitrogens with one attached hydrogen (secondary N) is 1. The number of carboxylic acids is 1. The molecule has 7 heteroatoms. The largest absolute Gasteiger partial charge is 0.477 e. The molecule has 2 aromatic heterocycles. The van der Waals surface area contributed by atoms with Gasteiger partial charge in [-0.2, -0.15) is 0 Å². The van der Waals surface area contributed by atoms with Gasteiger partial charge < -0.3 is 15.0 Å². The van der Waals surface area contributed by atoms with E-state index >= 15 is 0 Å². The van der Waals surface area contributed by atoms with Crippen molar-refractivity contribution in [3.8, 4) is 0 Å². The Morgan fingerprint density at radius 2 is 2.19 bits per heavy atom. The number of aryl methyl sites for hydroxylation is 1. The highest BCUT2D eigenvalue weighted by molar-refractivity contribution is 7.13. The molecule has 2 heterocycles. The predicted molar refractivity (Wildman–Crippen MR) is 79.8 cm³/mol. The summed E-state index contributed by atoms with van der Waals surface area (Å²) in [6.45, 7) is 5.87. The van der Waals surface area contributed by atoms with Crippen LogP contribution < -0.4 is 5.32 Å². The Labute approximate surface area is 126 Å². The topological polar surface area (TPSA) is 84.2 Å². The summed E-state index contributed by atoms with van der Waals surface area (Å²) >= 11 is 1.09. The van der Waals surface area contributed by atoms with Crippen LogP contribution in [0.3, 0.4) is 0 Å². The van der Waals surface area contributed by atoms with Crippen LogP contribution in [0.4, 0.5) is 0 Å². The third kappa shape index (κ3) is 3.30. The van der Waals surface area contributed by atoms with Crippen LogP contribution in [0, 0.1) is 6.92 Å². The summed E-state index contributed by atoms with van der Waals surface area (Å²) in [5.74, 6) is -1.19. The molecule has 0 fully saturated rings. The first-order valence-electron chi connectivity index (χ1n) is 6.54. The molecule has 0 bridgehead atoms. The first-order valence-corrected chi connectivity index (χ1v) is 7.36. The first kappa shape index (κ1) is 15.2. The summed E-state index contributed by atoms with van der Waals surface area (Å²) in [5.41, 5.74) is 1.05. The lowest BCUT2D eigenvalue weighted by atomic mass is 10.3. The van der Waals surface area contributed by atoms with E-state index in [9.17, 15) is 9.59 Å². The zero-order valence-electron chi connectivity index (χ0n) is 12.1. The highest BCUT2D eigenvalue weighted by Gasteiger charge is 2.16. The lowest BCUT2D eigenvalue weighted by molar-refractivity contribution is 0.0701. The highest BCUT2D eigenvalue weighted by Crippen LogP contribution is 2.18. The average molecular weight is 307 g/mol. The zero-order valence-corrected chi connectivity index (χ0v) is 12.9. The number of nitrogens with zero attached hydrogens (tertiary/aromatic N) is 2. The van der Waals surface area contributed by atoms with Crippen molar-refractivity contribution in [2.45, 2.75) is 33.4 Å². The van der Waals surface area contributed by atoms with Crippen molar-refractivity contribution < 1.29 is 14.7 Å². The quantitative estimate of drug-likeness (QED) is 0.888. The van der Waals surface area contributed by atoms with Gasteiger partial charge in [-0.25, -0.2) is 9.78 Å². The molecule has 2 N–H and O–H groups in total. The second-order valence-corrected chi connectivity index (χ2v) is 5.99.